The molecule has 1 aliphatic carbocycles. The van der Waals surface area contributed by atoms with Crippen molar-refractivity contribution in [3.8, 4) is 22.4 Å². The molecule has 4 aliphatic rings. The fourth-order valence-electron chi connectivity index (χ4n) is 10.6. The number of fused-ring (bicyclic) bond motifs is 6. The maximum absolute atomic E-state index is 14.7. The van der Waals surface area contributed by atoms with Crippen LogP contribution in [0.4, 0.5) is 0 Å². The predicted octanol–water partition coefficient (Wildman–Crippen LogP) is 6.19. The lowest BCUT2D eigenvalue weighted by Gasteiger charge is -2.37. The number of carbonyl (C=O) groups excluding carboxylic acids is 5. The smallest absolute Gasteiger partial charge is 0.324 e. The quantitative estimate of drug-likeness (QED) is 0.116. The van der Waals surface area contributed by atoms with Gasteiger partial charge in [-0.15, -0.1) is 0 Å². The normalized spacial score (nSPS) is 24.1. The highest BCUT2D eigenvalue weighted by atomic mass is 16.5. The summed E-state index contributed by atoms with van der Waals surface area (Å²) in [6.07, 6.45) is 5.07. The van der Waals surface area contributed by atoms with E-state index in [1.54, 1.807) is 20.4 Å². The molecule has 66 heavy (non-hydrogen) atoms. The number of hydrogen-bond donors (Lipinski definition) is 3. The molecule has 2 saturated heterocycles. The Morgan fingerprint density at radius 2 is 1.77 bits per heavy atom. The molecule has 8 rings (SSSR count). The summed E-state index contributed by atoms with van der Waals surface area (Å²) in [5.41, 5.74) is 10.5. The van der Waals surface area contributed by atoms with Gasteiger partial charge in [-0.25, -0.2) is 5.43 Å². The average molecular weight is 902 g/mol. The third kappa shape index (κ3) is 9.68. The standard InChI is InChI=1S/C52H67N7O7/c1-9-58-43-20-19-34-26-38(43)39(46(58)37-15-11-21-53-44(37)31(4)65-8)27-52(5,6)29-66-51(64)40-16-12-22-59(56-40)50(63)41(24-32-13-10-14-33(34)23-32)55-48(61)45(30(2)3)57(7)49(62)36-18-17-35(25-36)47(60)42-28-54-42/h10-11,13-15,19-21,23,26,30-31,35-36,40-42,45,54,56H,9,12,16-18,22,24-25,27-29H2,1-8H3,(H,55,61)/t31-,35?,36-,40-,41-,42+,45?/m0/s1. The van der Waals surface area contributed by atoms with Crippen LogP contribution in [0.1, 0.15) is 96.6 Å². The Bertz CT molecular complexity index is 2490. The first-order chi connectivity index (χ1) is 31.6. The van der Waals surface area contributed by atoms with Crippen LogP contribution < -0.4 is 16.1 Å². The molecule has 14 nitrogen and oxygen atoms in total. The van der Waals surface area contributed by atoms with Gasteiger partial charge in [0, 0.05) is 80.1 Å². The summed E-state index contributed by atoms with van der Waals surface area (Å²) in [6, 6.07) is 15.9. The van der Waals surface area contributed by atoms with Gasteiger partial charge in [0.2, 0.25) is 11.8 Å². The van der Waals surface area contributed by atoms with E-state index in [9.17, 15) is 24.0 Å². The van der Waals surface area contributed by atoms with E-state index in [0.717, 1.165) is 50.1 Å². The Balaban J connectivity index is 1.16. The van der Waals surface area contributed by atoms with Crippen LogP contribution in [0.25, 0.3) is 33.3 Å². The monoisotopic (exact) mass is 902 g/mol. The van der Waals surface area contributed by atoms with Crippen molar-refractivity contribution >= 4 is 40.4 Å². The number of ether oxygens (including phenoxy) is 2. The lowest BCUT2D eigenvalue weighted by atomic mass is 9.84. The van der Waals surface area contributed by atoms with Crippen LogP contribution in [-0.2, 0) is 52.8 Å². The van der Waals surface area contributed by atoms with Crippen LogP contribution >= 0.6 is 0 Å². The highest BCUT2D eigenvalue weighted by molar-refractivity contribution is 5.96. The second-order valence-electron chi connectivity index (χ2n) is 20.1. The minimum atomic E-state index is -1.03. The number of carbonyl (C=O) groups is 5. The number of hydrogen-bond acceptors (Lipinski definition) is 10. The van der Waals surface area contributed by atoms with E-state index in [1.165, 1.54) is 9.91 Å². The molecule has 3 fully saturated rings. The molecular formula is C52H67N7O7. The van der Waals surface area contributed by atoms with Crippen LogP contribution in [0.3, 0.4) is 0 Å². The Hall–Kier alpha value is -5.44. The largest absolute Gasteiger partial charge is 0.464 e. The van der Waals surface area contributed by atoms with Gasteiger partial charge in [0.25, 0.3) is 5.91 Å². The van der Waals surface area contributed by atoms with Gasteiger partial charge in [-0.2, -0.15) is 0 Å². The van der Waals surface area contributed by atoms with E-state index in [2.05, 4.69) is 77.8 Å². The third-order valence-corrected chi connectivity index (χ3v) is 14.2. The van der Waals surface area contributed by atoms with Crippen molar-refractivity contribution in [2.24, 2.45) is 23.2 Å². The van der Waals surface area contributed by atoms with Gasteiger partial charge in [0.1, 0.15) is 18.1 Å². The average Bonchev–Trinajstić information content (AvgIpc) is 3.97. The number of nitrogens with one attached hydrogen (secondary N) is 3. The van der Waals surface area contributed by atoms with Crippen LogP contribution in [-0.4, -0.2) is 107 Å². The number of hydrazine groups is 1. The summed E-state index contributed by atoms with van der Waals surface area (Å²) in [6.45, 7) is 14.0. The molecule has 14 heteroatoms. The van der Waals surface area contributed by atoms with Gasteiger partial charge in [-0.05, 0) is 105 Å². The molecule has 3 N–H and O–H groups in total. The summed E-state index contributed by atoms with van der Waals surface area (Å²) in [5.74, 6) is -2.05. The summed E-state index contributed by atoms with van der Waals surface area (Å²) >= 11 is 0. The van der Waals surface area contributed by atoms with E-state index in [1.807, 2.05) is 39.0 Å². The number of rotatable bonds is 11. The van der Waals surface area contributed by atoms with Gasteiger partial charge in [-0.3, -0.25) is 34.0 Å². The first-order valence-electron chi connectivity index (χ1n) is 23.9. The van der Waals surface area contributed by atoms with E-state index >= 15 is 0 Å². The van der Waals surface area contributed by atoms with Crippen molar-refractivity contribution in [3.05, 3.63) is 77.6 Å². The van der Waals surface area contributed by atoms with Crippen LogP contribution in [0.2, 0.25) is 0 Å². The Kier molecular flexibility index (Phi) is 13.8. The number of aromatic nitrogens is 2. The zero-order chi connectivity index (χ0) is 47.0. The van der Waals surface area contributed by atoms with Gasteiger partial charge >= 0.3 is 5.97 Å². The molecule has 2 aromatic heterocycles. The van der Waals surface area contributed by atoms with Crippen LogP contribution in [0, 0.1) is 23.2 Å². The van der Waals surface area contributed by atoms with E-state index in [0.29, 0.717) is 58.2 Å². The highest BCUT2D eigenvalue weighted by Crippen LogP contribution is 2.42. The fourth-order valence-corrected chi connectivity index (χ4v) is 10.6. The zero-order valence-corrected chi connectivity index (χ0v) is 39.8. The van der Waals surface area contributed by atoms with Gasteiger partial charge in [-0.1, -0.05) is 58.0 Å². The molecule has 3 aliphatic heterocycles. The maximum Gasteiger partial charge on any atom is 0.324 e. The Morgan fingerprint density at radius 1 is 1.02 bits per heavy atom. The minimum absolute atomic E-state index is 0.102. The van der Waals surface area contributed by atoms with Crippen molar-refractivity contribution in [2.45, 2.75) is 123 Å². The summed E-state index contributed by atoms with van der Waals surface area (Å²) < 4.78 is 14.3. The maximum atomic E-state index is 14.7. The lowest BCUT2D eigenvalue weighted by Crippen LogP contribution is -2.62. The number of aryl methyl sites for hydroxylation is 1. The number of cyclic esters (lactones) is 1. The summed E-state index contributed by atoms with van der Waals surface area (Å²) in [7, 11) is 3.34. The number of amides is 3. The Morgan fingerprint density at radius 3 is 2.50 bits per heavy atom. The molecule has 3 amide bonds. The van der Waals surface area contributed by atoms with Crippen molar-refractivity contribution in [1.29, 1.82) is 0 Å². The minimum Gasteiger partial charge on any atom is -0.464 e. The highest BCUT2D eigenvalue weighted by Gasteiger charge is 2.43. The molecule has 2 aromatic carbocycles. The molecule has 5 heterocycles. The molecule has 7 atom stereocenters. The van der Waals surface area contributed by atoms with E-state index in [-0.39, 0.29) is 60.5 Å². The van der Waals surface area contributed by atoms with Crippen molar-refractivity contribution in [1.82, 2.24) is 35.5 Å². The Labute approximate surface area is 388 Å². The summed E-state index contributed by atoms with van der Waals surface area (Å²) in [5, 5.41) is 8.71. The number of nitrogens with zero attached hydrogens (tertiary/aromatic N) is 4. The summed E-state index contributed by atoms with van der Waals surface area (Å²) in [4.78, 5) is 76.4. The third-order valence-electron chi connectivity index (χ3n) is 14.2. The first-order valence-corrected chi connectivity index (χ1v) is 23.9. The first kappa shape index (κ1) is 47.1. The zero-order valence-electron chi connectivity index (χ0n) is 39.8. The molecule has 0 spiro atoms. The molecule has 4 aromatic rings. The van der Waals surface area contributed by atoms with Crippen LogP contribution in [0.5, 0.6) is 0 Å². The molecule has 2 unspecified atom stereocenters. The molecule has 1 saturated carbocycles. The van der Waals surface area contributed by atoms with E-state index < -0.39 is 35.4 Å². The molecule has 0 radical (unpaired) electrons. The number of benzene rings is 2. The van der Waals surface area contributed by atoms with Gasteiger partial charge in [0.05, 0.1) is 30.1 Å². The van der Waals surface area contributed by atoms with Gasteiger partial charge in [0.15, 0.2) is 5.78 Å². The lowest BCUT2D eigenvalue weighted by molar-refractivity contribution is -0.155. The second kappa shape index (κ2) is 19.4. The number of likely N-dealkylation sites (N-methyl/N-ethyl adjacent to an activating group) is 1. The van der Waals surface area contributed by atoms with Crippen molar-refractivity contribution < 1.29 is 33.4 Å². The van der Waals surface area contributed by atoms with E-state index in [4.69, 9.17) is 14.5 Å². The predicted molar refractivity (Wildman–Crippen MR) is 253 cm³/mol. The topological polar surface area (TPSA) is 174 Å². The van der Waals surface area contributed by atoms with Crippen molar-refractivity contribution in [3.63, 3.8) is 0 Å². The fraction of sp³-hybridized carbons (Fsp3) is 0.538. The molecule has 6 bridgehead atoms. The number of esters is 1. The molecule has 352 valence electrons. The van der Waals surface area contributed by atoms with Crippen LogP contribution in [0.15, 0.2) is 60.8 Å². The number of Topliss-reactive ketones (excluding diaryl/α,β-unsaturated/α-hetero) is 1. The SMILES string of the molecule is CCn1c(-c2cccnc2[C@H](C)OC)c2c3cc(ccc31)-c1cccc(c1)C[C@H](NC(=O)C(C(C)C)N(C)C(=O)[C@H]1CCC(C(=O)[C@H]3CN3)C1)C(=O)N1CCC[C@H](N1)C(=O)OCC(C)(C)C2. The number of ketones is 1. The van der Waals surface area contributed by atoms with Gasteiger partial charge < -0.3 is 29.6 Å². The number of methoxy groups -OCH3 is 1. The number of pyridine rings is 1. The van der Waals surface area contributed by atoms with Crippen molar-refractivity contribution in [2.75, 3.05) is 33.9 Å². The molecular weight excluding hydrogens is 835 g/mol. The second-order valence-corrected chi connectivity index (χ2v) is 20.1.